The van der Waals surface area contributed by atoms with Crippen LogP contribution in [0.3, 0.4) is 0 Å². The highest BCUT2D eigenvalue weighted by Gasteiger charge is 2.41. The Morgan fingerprint density at radius 1 is 0.730 bits per heavy atom. The third-order valence-corrected chi connectivity index (χ3v) is 6.58. The number of rotatable bonds is 9. The summed E-state index contributed by atoms with van der Waals surface area (Å²) in [6, 6.07) is 40.8. The Kier molecular flexibility index (Phi) is 8.10. The zero-order chi connectivity index (χ0) is 25.3. The summed E-state index contributed by atoms with van der Waals surface area (Å²) in [6.45, 7) is 0.788. The molecule has 1 saturated heterocycles. The van der Waals surface area contributed by atoms with Gasteiger partial charge in [-0.1, -0.05) is 127 Å². The van der Waals surface area contributed by atoms with Crippen molar-refractivity contribution in [2.75, 3.05) is 19.8 Å². The van der Waals surface area contributed by atoms with Crippen LogP contribution in [0.5, 0.6) is 0 Å². The minimum atomic E-state index is -0.857. The van der Waals surface area contributed by atoms with Gasteiger partial charge in [-0.05, 0) is 16.7 Å². The minimum Gasteiger partial charge on any atom is -0.360 e. The molecular formula is C33H30O4. The molecule has 0 spiro atoms. The van der Waals surface area contributed by atoms with Crippen molar-refractivity contribution in [3.63, 3.8) is 0 Å². The summed E-state index contributed by atoms with van der Waals surface area (Å²) >= 11 is 0. The van der Waals surface area contributed by atoms with E-state index in [0.29, 0.717) is 6.61 Å². The quantitative estimate of drug-likeness (QED) is 0.209. The monoisotopic (exact) mass is 490 g/mol. The summed E-state index contributed by atoms with van der Waals surface area (Å²) in [5.41, 5.74) is 3.17. The third-order valence-electron chi connectivity index (χ3n) is 6.58. The molecule has 1 heterocycles. The Hall–Kier alpha value is -3.72. The summed E-state index contributed by atoms with van der Waals surface area (Å²) in [5, 5.41) is 0. The SMILES string of the molecule is C#CCO[C@@H]1CO[C@@H](c2ccccc2)O[C@H]1COC(c1ccccc1)(c1ccccc1)c1ccccc1. The van der Waals surface area contributed by atoms with Crippen LogP contribution in [0.15, 0.2) is 121 Å². The van der Waals surface area contributed by atoms with Crippen LogP contribution in [0.25, 0.3) is 0 Å². The number of hydrogen-bond donors (Lipinski definition) is 0. The molecule has 0 saturated carbocycles. The van der Waals surface area contributed by atoms with Gasteiger partial charge in [0.2, 0.25) is 0 Å². The summed E-state index contributed by atoms with van der Waals surface area (Å²) in [6.07, 6.45) is 4.21. The fraction of sp³-hybridized carbons (Fsp3) is 0.212. The van der Waals surface area contributed by atoms with Crippen LogP contribution in [0.1, 0.15) is 28.5 Å². The van der Waals surface area contributed by atoms with E-state index in [1.54, 1.807) is 0 Å². The predicted molar refractivity (Wildman–Crippen MR) is 144 cm³/mol. The molecule has 1 aliphatic rings. The Balaban J connectivity index is 1.52. The number of hydrogen-bond acceptors (Lipinski definition) is 4. The molecule has 0 unspecified atom stereocenters. The maximum Gasteiger partial charge on any atom is 0.184 e. The first-order chi connectivity index (χ1) is 18.3. The maximum atomic E-state index is 7.01. The number of benzene rings is 4. The summed E-state index contributed by atoms with van der Waals surface area (Å²) < 4.78 is 25.4. The van der Waals surface area contributed by atoms with Crippen LogP contribution in [0, 0.1) is 12.3 Å². The van der Waals surface area contributed by atoms with Gasteiger partial charge in [0.05, 0.1) is 13.2 Å². The van der Waals surface area contributed by atoms with E-state index >= 15 is 0 Å². The fourth-order valence-electron chi connectivity index (χ4n) is 4.79. The molecule has 4 heteroatoms. The molecule has 4 aromatic carbocycles. The van der Waals surface area contributed by atoms with Crippen LogP contribution in [-0.4, -0.2) is 32.0 Å². The highest BCUT2D eigenvalue weighted by molar-refractivity contribution is 5.47. The van der Waals surface area contributed by atoms with E-state index < -0.39 is 18.0 Å². The van der Waals surface area contributed by atoms with Crippen molar-refractivity contribution < 1.29 is 18.9 Å². The molecule has 37 heavy (non-hydrogen) atoms. The van der Waals surface area contributed by atoms with E-state index in [1.165, 1.54) is 0 Å². The second kappa shape index (κ2) is 12.0. The Morgan fingerprint density at radius 3 is 1.70 bits per heavy atom. The van der Waals surface area contributed by atoms with Gasteiger partial charge in [0.15, 0.2) is 6.29 Å². The molecule has 0 amide bonds. The molecule has 1 fully saturated rings. The van der Waals surface area contributed by atoms with Crippen molar-refractivity contribution in [3.8, 4) is 12.3 Å². The van der Waals surface area contributed by atoms with Crippen LogP contribution < -0.4 is 0 Å². The molecule has 0 N–H and O–H groups in total. The van der Waals surface area contributed by atoms with E-state index in [0.717, 1.165) is 22.3 Å². The second-order valence-corrected chi connectivity index (χ2v) is 8.89. The lowest BCUT2D eigenvalue weighted by Gasteiger charge is -2.40. The summed E-state index contributed by atoms with van der Waals surface area (Å²) in [4.78, 5) is 0. The van der Waals surface area contributed by atoms with Crippen LogP contribution in [-0.2, 0) is 24.5 Å². The average Bonchev–Trinajstić information content (AvgIpc) is 2.99. The van der Waals surface area contributed by atoms with Crippen LogP contribution in [0.2, 0.25) is 0 Å². The molecule has 3 atom stereocenters. The molecule has 4 nitrogen and oxygen atoms in total. The molecule has 0 aromatic heterocycles. The fourth-order valence-corrected chi connectivity index (χ4v) is 4.79. The Labute approximate surface area is 218 Å². The smallest absolute Gasteiger partial charge is 0.184 e. The van der Waals surface area contributed by atoms with Gasteiger partial charge < -0.3 is 18.9 Å². The van der Waals surface area contributed by atoms with E-state index in [2.05, 4.69) is 42.3 Å². The largest absolute Gasteiger partial charge is 0.360 e. The van der Waals surface area contributed by atoms with Gasteiger partial charge >= 0.3 is 0 Å². The minimum absolute atomic E-state index is 0.172. The number of ether oxygens (including phenoxy) is 4. The lowest BCUT2D eigenvalue weighted by atomic mass is 9.80. The van der Waals surface area contributed by atoms with Gasteiger partial charge in [0.25, 0.3) is 0 Å². The molecular weight excluding hydrogens is 460 g/mol. The molecule has 186 valence electrons. The van der Waals surface area contributed by atoms with Gasteiger partial charge in [-0.3, -0.25) is 0 Å². The Bertz CT molecular complexity index is 1170. The van der Waals surface area contributed by atoms with E-state index in [9.17, 15) is 0 Å². The average molecular weight is 491 g/mol. The lowest BCUT2D eigenvalue weighted by molar-refractivity contribution is -0.276. The zero-order valence-electron chi connectivity index (χ0n) is 20.6. The molecule has 0 bridgehead atoms. The predicted octanol–water partition coefficient (Wildman–Crippen LogP) is 6.13. The Morgan fingerprint density at radius 2 is 1.22 bits per heavy atom. The first kappa shape index (κ1) is 25.0. The van der Waals surface area contributed by atoms with Gasteiger partial charge in [0, 0.05) is 5.56 Å². The first-order valence-corrected chi connectivity index (χ1v) is 12.5. The first-order valence-electron chi connectivity index (χ1n) is 12.5. The summed E-state index contributed by atoms with van der Waals surface area (Å²) in [5.74, 6) is 2.55. The van der Waals surface area contributed by atoms with Crippen LogP contribution >= 0.6 is 0 Å². The zero-order valence-corrected chi connectivity index (χ0v) is 20.6. The van der Waals surface area contributed by atoms with Gasteiger partial charge in [0.1, 0.15) is 24.4 Å². The third kappa shape index (κ3) is 5.51. The topological polar surface area (TPSA) is 36.9 Å². The van der Waals surface area contributed by atoms with E-state index in [1.807, 2.05) is 84.9 Å². The van der Waals surface area contributed by atoms with E-state index in [-0.39, 0.29) is 19.3 Å². The molecule has 0 radical (unpaired) electrons. The van der Waals surface area contributed by atoms with Gasteiger partial charge in [-0.15, -0.1) is 6.42 Å². The summed E-state index contributed by atoms with van der Waals surface area (Å²) in [7, 11) is 0. The highest BCUT2D eigenvalue weighted by atomic mass is 16.7. The van der Waals surface area contributed by atoms with E-state index in [4.69, 9.17) is 25.4 Å². The van der Waals surface area contributed by atoms with Crippen molar-refractivity contribution in [3.05, 3.63) is 144 Å². The molecule has 5 rings (SSSR count). The molecule has 1 aliphatic heterocycles. The number of terminal acetylenes is 1. The molecule has 0 aliphatic carbocycles. The van der Waals surface area contributed by atoms with Crippen molar-refractivity contribution in [1.82, 2.24) is 0 Å². The highest BCUT2D eigenvalue weighted by Crippen LogP contribution is 2.41. The second-order valence-electron chi connectivity index (χ2n) is 8.89. The van der Waals surface area contributed by atoms with Gasteiger partial charge in [-0.25, -0.2) is 0 Å². The normalized spacial score (nSPS) is 19.7. The maximum absolute atomic E-state index is 7.01. The van der Waals surface area contributed by atoms with Crippen LogP contribution in [0.4, 0.5) is 0 Å². The van der Waals surface area contributed by atoms with Crippen molar-refractivity contribution >= 4 is 0 Å². The lowest BCUT2D eigenvalue weighted by Crippen LogP contribution is -2.47. The van der Waals surface area contributed by atoms with Crippen molar-refractivity contribution in [1.29, 1.82) is 0 Å². The standard InChI is InChI=1S/C33H30O4/c1-2-23-34-30-24-35-32(26-15-7-3-8-16-26)37-31(30)25-36-33(27-17-9-4-10-18-27,28-19-11-5-12-20-28)29-21-13-6-14-22-29/h1,3-22,30-32H,23-25H2/t30-,31+,32-/m1/s1. The van der Waals surface area contributed by atoms with Gasteiger partial charge in [-0.2, -0.15) is 0 Å². The molecule has 4 aromatic rings. The van der Waals surface area contributed by atoms with Crippen molar-refractivity contribution in [2.24, 2.45) is 0 Å². The van der Waals surface area contributed by atoms with Crippen molar-refractivity contribution in [2.45, 2.75) is 24.1 Å².